The van der Waals surface area contributed by atoms with Crippen LogP contribution in [0.5, 0.6) is 0 Å². The van der Waals surface area contributed by atoms with E-state index in [9.17, 15) is 19.2 Å². The summed E-state index contributed by atoms with van der Waals surface area (Å²) in [6.45, 7) is 4.54. The van der Waals surface area contributed by atoms with Gasteiger partial charge < -0.3 is 23.7 Å². The second-order valence-electron chi connectivity index (χ2n) is 6.94. The molecule has 32 heavy (non-hydrogen) atoms. The van der Waals surface area contributed by atoms with Crippen LogP contribution in [0.15, 0.2) is 12.7 Å². The average molecular weight is 450 g/mol. The number of hydrogen-bond donors (Lipinski definition) is 0. The van der Waals surface area contributed by atoms with Gasteiger partial charge in [0.25, 0.3) is 0 Å². The monoisotopic (exact) mass is 450 g/mol. The molecule has 0 aromatic carbocycles. The van der Waals surface area contributed by atoms with Gasteiger partial charge >= 0.3 is 23.9 Å². The Morgan fingerprint density at radius 1 is 0.906 bits per heavy atom. The molecule has 13 nitrogen and oxygen atoms in total. The predicted molar refractivity (Wildman–Crippen MR) is 102 cm³/mol. The second kappa shape index (κ2) is 9.68. The van der Waals surface area contributed by atoms with E-state index >= 15 is 0 Å². The first-order valence-electron chi connectivity index (χ1n) is 9.60. The maximum absolute atomic E-state index is 11.8. The van der Waals surface area contributed by atoms with Gasteiger partial charge in [-0.2, -0.15) is 0 Å². The summed E-state index contributed by atoms with van der Waals surface area (Å²) in [5.41, 5.74) is 1.00. The van der Waals surface area contributed by atoms with Crippen molar-refractivity contribution in [3.05, 3.63) is 18.3 Å². The van der Waals surface area contributed by atoms with Gasteiger partial charge in [0, 0.05) is 27.7 Å². The Morgan fingerprint density at radius 2 is 1.56 bits per heavy atom. The summed E-state index contributed by atoms with van der Waals surface area (Å²) in [6.07, 6.45) is -1.42. The first-order valence-corrected chi connectivity index (χ1v) is 9.60. The maximum atomic E-state index is 11.8. The van der Waals surface area contributed by atoms with Crippen molar-refractivity contribution in [3.63, 3.8) is 0 Å². The molecule has 0 radical (unpaired) electrons. The van der Waals surface area contributed by atoms with Crippen LogP contribution < -0.4 is 0 Å². The van der Waals surface area contributed by atoms with Gasteiger partial charge in [0.15, 0.2) is 24.1 Å². The molecule has 0 aliphatic carbocycles. The van der Waals surface area contributed by atoms with Crippen LogP contribution in [-0.2, 0) is 49.5 Å². The van der Waals surface area contributed by atoms with Crippen molar-refractivity contribution < 1.29 is 42.9 Å². The average Bonchev–Trinajstić information content (AvgIpc) is 3.26. The third-order valence-corrected chi connectivity index (χ3v) is 4.46. The minimum absolute atomic E-state index is 0.116. The number of esters is 4. The molecule has 4 atom stereocenters. The van der Waals surface area contributed by atoms with Crippen molar-refractivity contribution in [1.82, 2.24) is 19.5 Å². The van der Waals surface area contributed by atoms with Crippen LogP contribution in [0.25, 0.3) is 11.2 Å². The molecule has 0 amide bonds. The van der Waals surface area contributed by atoms with Crippen molar-refractivity contribution in [1.29, 1.82) is 0 Å². The number of hydrogen-bond acceptors (Lipinski definition) is 12. The molecule has 1 fully saturated rings. The Kier molecular flexibility index (Phi) is 6.98. The van der Waals surface area contributed by atoms with Crippen molar-refractivity contribution >= 4 is 35.0 Å². The zero-order chi connectivity index (χ0) is 23.4. The molecule has 13 heteroatoms. The highest BCUT2D eigenvalue weighted by atomic mass is 16.7. The summed E-state index contributed by atoms with van der Waals surface area (Å²) < 4.78 is 28.2. The van der Waals surface area contributed by atoms with Gasteiger partial charge in [-0.1, -0.05) is 0 Å². The van der Waals surface area contributed by atoms with Gasteiger partial charge in [-0.15, -0.1) is 0 Å². The lowest BCUT2D eigenvalue weighted by molar-refractivity contribution is -0.166. The third-order valence-electron chi connectivity index (χ3n) is 4.46. The van der Waals surface area contributed by atoms with E-state index in [-0.39, 0.29) is 13.2 Å². The summed E-state index contributed by atoms with van der Waals surface area (Å²) in [5.74, 6) is -2.31. The van der Waals surface area contributed by atoms with Crippen LogP contribution in [0.1, 0.15) is 39.6 Å². The molecule has 1 aliphatic heterocycles. The Morgan fingerprint density at radius 3 is 2.19 bits per heavy atom. The number of carbonyl (C=O) groups is 4. The highest BCUT2D eigenvalue weighted by Gasteiger charge is 2.51. The molecule has 172 valence electrons. The Balaban J connectivity index is 1.99. The van der Waals surface area contributed by atoms with Crippen LogP contribution in [0.2, 0.25) is 0 Å². The van der Waals surface area contributed by atoms with E-state index in [0.717, 1.165) is 0 Å². The standard InChI is InChI=1S/C19H22N4O9/c1-9(24)28-5-13-15-18(21-7-20-13)23(8-22-15)19-17(31-12(4)27)16(30-11(3)26)14(32-19)6-29-10(2)25/h7-8,14,16-17,19H,5-6H2,1-4H3/t14-,16-,17-,19-/m1/s1. The first kappa shape index (κ1) is 23.1. The van der Waals surface area contributed by atoms with Crippen LogP contribution >= 0.6 is 0 Å². The fourth-order valence-corrected chi connectivity index (χ4v) is 3.28. The van der Waals surface area contributed by atoms with Crippen LogP contribution in [0, 0.1) is 0 Å². The molecule has 3 heterocycles. The molecule has 0 N–H and O–H groups in total. The maximum Gasteiger partial charge on any atom is 0.303 e. The predicted octanol–water partition coefficient (Wildman–Crippen LogP) is 0.213. The van der Waals surface area contributed by atoms with Gasteiger partial charge in [-0.05, 0) is 0 Å². The zero-order valence-electron chi connectivity index (χ0n) is 17.8. The van der Waals surface area contributed by atoms with Gasteiger partial charge in [-0.3, -0.25) is 23.7 Å². The fourth-order valence-electron chi connectivity index (χ4n) is 3.28. The molecule has 0 spiro atoms. The van der Waals surface area contributed by atoms with Gasteiger partial charge in [0.05, 0.1) is 6.33 Å². The number of carbonyl (C=O) groups excluding carboxylic acids is 4. The lowest BCUT2D eigenvalue weighted by Gasteiger charge is -2.23. The number of fused-ring (bicyclic) bond motifs is 1. The van der Waals surface area contributed by atoms with Crippen molar-refractivity contribution in [2.75, 3.05) is 6.61 Å². The first-order chi connectivity index (χ1) is 15.2. The van der Waals surface area contributed by atoms with E-state index in [0.29, 0.717) is 16.9 Å². The number of nitrogens with zero attached hydrogens (tertiary/aromatic N) is 4. The summed E-state index contributed by atoms with van der Waals surface area (Å²) in [5, 5.41) is 0. The normalized spacial score (nSPS) is 22.4. The molecule has 3 rings (SSSR count). The van der Waals surface area contributed by atoms with Crippen LogP contribution in [-0.4, -0.2) is 68.3 Å². The smallest absolute Gasteiger partial charge is 0.303 e. The third kappa shape index (κ3) is 5.17. The minimum Gasteiger partial charge on any atom is -0.463 e. The molecule has 0 saturated carbocycles. The fraction of sp³-hybridized carbons (Fsp3) is 0.526. The van der Waals surface area contributed by atoms with E-state index in [1.165, 1.54) is 44.9 Å². The summed E-state index contributed by atoms with van der Waals surface area (Å²) in [7, 11) is 0. The molecular weight excluding hydrogens is 428 g/mol. The van der Waals surface area contributed by atoms with E-state index in [2.05, 4.69) is 15.0 Å². The van der Waals surface area contributed by atoms with Crippen LogP contribution in [0.4, 0.5) is 0 Å². The lowest BCUT2D eigenvalue weighted by Crippen LogP contribution is -2.40. The Bertz CT molecular complexity index is 1040. The van der Waals surface area contributed by atoms with Gasteiger partial charge in [0.1, 0.15) is 36.9 Å². The minimum atomic E-state index is -1.08. The number of ether oxygens (including phenoxy) is 5. The largest absolute Gasteiger partial charge is 0.463 e. The lowest BCUT2D eigenvalue weighted by atomic mass is 10.1. The quantitative estimate of drug-likeness (QED) is 0.418. The Labute approximate surface area is 182 Å². The molecule has 2 aromatic heterocycles. The van der Waals surface area contributed by atoms with Crippen LogP contribution in [0.3, 0.4) is 0 Å². The number of rotatable bonds is 7. The highest BCUT2D eigenvalue weighted by Crippen LogP contribution is 2.36. The van der Waals surface area contributed by atoms with E-state index in [1.807, 2.05) is 0 Å². The second-order valence-corrected chi connectivity index (χ2v) is 6.94. The van der Waals surface area contributed by atoms with Gasteiger partial charge in [0.2, 0.25) is 0 Å². The van der Waals surface area contributed by atoms with E-state index in [4.69, 9.17) is 23.7 Å². The van der Waals surface area contributed by atoms with Crippen molar-refractivity contribution in [2.45, 2.75) is 58.8 Å². The number of aromatic nitrogens is 4. The zero-order valence-corrected chi connectivity index (χ0v) is 17.8. The summed E-state index contributed by atoms with van der Waals surface area (Å²) in [6, 6.07) is 0. The highest BCUT2D eigenvalue weighted by molar-refractivity contribution is 5.74. The topological polar surface area (TPSA) is 158 Å². The molecule has 2 aromatic rings. The van der Waals surface area contributed by atoms with Crippen molar-refractivity contribution in [3.8, 4) is 0 Å². The molecule has 1 aliphatic rings. The molecule has 1 saturated heterocycles. The van der Waals surface area contributed by atoms with Crippen molar-refractivity contribution in [2.24, 2.45) is 0 Å². The summed E-state index contributed by atoms with van der Waals surface area (Å²) >= 11 is 0. The number of imidazole rings is 1. The molecular formula is C19H22N4O9. The summed E-state index contributed by atoms with van der Waals surface area (Å²) in [4.78, 5) is 58.5. The van der Waals surface area contributed by atoms with E-state index < -0.39 is 48.4 Å². The molecule has 0 bridgehead atoms. The SMILES string of the molecule is CC(=O)OCc1ncnc2c1ncn2[C@@H]1O[C@H](COC(C)=O)[C@@H](OC(C)=O)[C@H]1OC(C)=O. The molecule has 0 unspecified atom stereocenters. The Hall–Kier alpha value is -3.61. The van der Waals surface area contributed by atoms with E-state index in [1.54, 1.807) is 0 Å². The van der Waals surface area contributed by atoms with Gasteiger partial charge in [-0.25, -0.2) is 15.0 Å².